The van der Waals surface area contributed by atoms with Crippen molar-refractivity contribution < 1.29 is 14.7 Å². The van der Waals surface area contributed by atoms with E-state index in [0.29, 0.717) is 28.1 Å². The van der Waals surface area contributed by atoms with E-state index in [1.54, 1.807) is 39.1 Å². The summed E-state index contributed by atoms with van der Waals surface area (Å²) in [5.74, 6) is -0.0911. The molecule has 3 aromatic rings. The molecule has 0 aliphatic heterocycles. The number of nitrogens with zero attached hydrogens (tertiary/aromatic N) is 6. The fourth-order valence-corrected chi connectivity index (χ4v) is 3.11. The molecule has 0 saturated heterocycles. The second-order valence-electron chi connectivity index (χ2n) is 8.42. The summed E-state index contributed by atoms with van der Waals surface area (Å²) in [5.41, 5.74) is 0.497. The molecule has 158 valence electrons. The van der Waals surface area contributed by atoms with Crippen molar-refractivity contribution >= 4 is 28.9 Å². The summed E-state index contributed by atoms with van der Waals surface area (Å²) < 4.78 is 7.05. The zero-order chi connectivity index (χ0) is 22.2. The maximum absolute atomic E-state index is 12.8. The van der Waals surface area contributed by atoms with E-state index in [9.17, 15) is 4.79 Å². The quantitative estimate of drug-likeness (QED) is 0.278. The van der Waals surface area contributed by atoms with Gasteiger partial charge in [-0.3, -0.25) is 0 Å². The normalized spacial score (nSPS) is 15.0. The Kier molecular flexibility index (Phi) is 4.81. The number of aromatic nitrogens is 4. The summed E-state index contributed by atoms with van der Waals surface area (Å²) in [4.78, 5) is 21.5. The zero-order valence-corrected chi connectivity index (χ0v) is 17.3. The molecule has 0 amide bonds. The number of nitrogens with one attached hydrogen (secondary N) is 1. The average Bonchev–Trinajstić information content (AvgIpc) is 3.33. The lowest BCUT2D eigenvalue weighted by atomic mass is 10.1. The maximum Gasteiger partial charge on any atom is 0.342 e. The number of hydrogen-bond acceptors (Lipinski definition) is 9. The molecule has 1 saturated carbocycles. The molecule has 10 nitrogen and oxygen atoms in total. The predicted molar refractivity (Wildman–Crippen MR) is 112 cm³/mol. The summed E-state index contributed by atoms with van der Waals surface area (Å²) in [6.45, 7) is 5.37. The van der Waals surface area contributed by atoms with E-state index in [1.165, 1.54) is 23.3 Å². The molecule has 3 heterocycles. The smallest absolute Gasteiger partial charge is 0.342 e. The van der Waals surface area contributed by atoms with Crippen molar-refractivity contribution in [3.63, 3.8) is 0 Å². The first kappa shape index (κ1) is 20.3. The van der Waals surface area contributed by atoms with Crippen molar-refractivity contribution in [2.75, 3.05) is 5.32 Å². The van der Waals surface area contributed by atoms with Crippen LogP contribution in [0.25, 0.3) is 16.9 Å². The fourth-order valence-electron chi connectivity index (χ4n) is 3.11. The maximum atomic E-state index is 12.8. The monoisotopic (exact) mass is 419 g/mol. The van der Waals surface area contributed by atoms with Crippen molar-refractivity contribution in [1.29, 1.82) is 5.26 Å². The second-order valence-corrected chi connectivity index (χ2v) is 8.42. The molecule has 0 atom stereocenters. The van der Waals surface area contributed by atoms with Crippen LogP contribution in [0.3, 0.4) is 0 Å². The van der Waals surface area contributed by atoms with Gasteiger partial charge in [0.2, 0.25) is 0 Å². The van der Waals surface area contributed by atoms with Crippen LogP contribution in [0, 0.1) is 11.3 Å². The molecule has 3 aromatic heterocycles. The van der Waals surface area contributed by atoms with E-state index in [2.05, 4.69) is 31.6 Å². The number of carbonyl (C=O) groups is 1. The lowest BCUT2D eigenvalue weighted by molar-refractivity contribution is 0.00702. The van der Waals surface area contributed by atoms with Crippen LogP contribution in [0.5, 0.6) is 0 Å². The molecule has 0 radical (unpaired) electrons. The number of fused-ring (bicyclic) bond motifs is 1. The van der Waals surface area contributed by atoms with Gasteiger partial charge >= 0.3 is 5.97 Å². The predicted octanol–water partition coefficient (Wildman–Crippen LogP) is 3.05. The van der Waals surface area contributed by atoms with Crippen molar-refractivity contribution in [1.82, 2.24) is 19.7 Å². The van der Waals surface area contributed by atoms with Crippen LogP contribution in [0.4, 0.5) is 5.69 Å². The minimum absolute atomic E-state index is 0.257. The van der Waals surface area contributed by atoms with Crippen molar-refractivity contribution in [3.05, 3.63) is 41.9 Å². The number of rotatable bonds is 5. The van der Waals surface area contributed by atoms with Gasteiger partial charge in [-0.2, -0.15) is 15.0 Å². The van der Waals surface area contributed by atoms with E-state index in [4.69, 9.17) is 15.2 Å². The number of hydrogen-bond donors (Lipinski definition) is 2. The molecular weight excluding hydrogens is 398 g/mol. The van der Waals surface area contributed by atoms with Crippen LogP contribution < -0.4 is 5.32 Å². The first-order valence-electron chi connectivity index (χ1n) is 9.68. The molecule has 0 aromatic carbocycles. The van der Waals surface area contributed by atoms with Crippen LogP contribution in [0.1, 0.15) is 49.5 Å². The second kappa shape index (κ2) is 7.36. The highest BCUT2D eigenvalue weighted by molar-refractivity contribution is 5.97. The van der Waals surface area contributed by atoms with Crippen molar-refractivity contribution in [2.24, 2.45) is 5.16 Å². The number of ether oxygens (including phenoxy) is 1. The first-order chi connectivity index (χ1) is 14.7. The molecule has 10 heteroatoms. The zero-order valence-electron chi connectivity index (χ0n) is 17.3. The third-order valence-corrected chi connectivity index (χ3v) is 4.74. The number of oxime groups is 1. The summed E-state index contributed by atoms with van der Waals surface area (Å²) >= 11 is 0. The van der Waals surface area contributed by atoms with Crippen LogP contribution >= 0.6 is 0 Å². The molecule has 1 fully saturated rings. The van der Waals surface area contributed by atoms with Gasteiger partial charge < -0.3 is 15.3 Å². The van der Waals surface area contributed by atoms with Gasteiger partial charge in [-0.15, -0.1) is 0 Å². The topological polar surface area (TPSA) is 138 Å². The Labute approximate surface area is 178 Å². The molecule has 4 rings (SSSR count). The molecule has 1 aliphatic rings. The minimum Gasteiger partial charge on any atom is -0.456 e. The SMILES string of the molecule is CC(C)(C)OC(=O)c1cnc(-n2ncc3cc(C#N)cnc32)cc1NC1(C=NO)CC1. The number of pyridine rings is 2. The highest BCUT2D eigenvalue weighted by atomic mass is 16.6. The Hall–Kier alpha value is -4.00. The van der Waals surface area contributed by atoms with Gasteiger partial charge in [0.15, 0.2) is 11.5 Å². The van der Waals surface area contributed by atoms with Crippen molar-refractivity contribution in [3.8, 4) is 11.9 Å². The molecule has 31 heavy (non-hydrogen) atoms. The molecule has 2 N–H and O–H groups in total. The highest BCUT2D eigenvalue weighted by Gasteiger charge is 2.42. The van der Waals surface area contributed by atoms with Gasteiger partial charge in [-0.25, -0.2) is 14.8 Å². The summed E-state index contributed by atoms with van der Waals surface area (Å²) in [5, 5.41) is 29.5. The van der Waals surface area contributed by atoms with Gasteiger partial charge in [-0.05, 0) is 39.7 Å². The lowest BCUT2D eigenvalue weighted by Gasteiger charge is -2.22. The van der Waals surface area contributed by atoms with Gasteiger partial charge in [0.25, 0.3) is 0 Å². The number of carbonyl (C=O) groups excluding carboxylic acids is 1. The van der Waals surface area contributed by atoms with Gasteiger partial charge in [0.05, 0.1) is 29.2 Å². The summed E-state index contributed by atoms with van der Waals surface area (Å²) in [6.07, 6.45) is 7.42. The Morgan fingerprint density at radius 1 is 1.32 bits per heavy atom. The van der Waals surface area contributed by atoms with Crippen LogP contribution in [-0.4, -0.2) is 48.3 Å². The Balaban J connectivity index is 1.78. The van der Waals surface area contributed by atoms with E-state index >= 15 is 0 Å². The van der Waals surface area contributed by atoms with E-state index in [1.807, 2.05) is 0 Å². The molecule has 0 unspecified atom stereocenters. The standard InChI is InChI=1S/C21H21N7O3/c1-20(2,3)31-19(29)15-11-23-17(7-16(15)27-21(4-5-21)12-26-30)28-18-14(10-25-28)6-13(8-22)9-24-18/h6-7,9-12,30H,4-5H2,1-3H3,(H,23,27). The number of esters is 1. The molecule has 0 bridgehead atoms. The molecule has 1 aliphatic carbocycles. The third-order valence-electron chi connectivity index (χ3n) is 4.74. The van der Waals surface area contributed by atoms with Crippen LogP contribution in [0.2, 0.25) is 0 Å². The molecular formula is C21H21N7O3. The number of nitriles is 1. The van der Waals surface area contributed by atoms with Crippen LogP contribution in [0.15, 0.2) is 35.9 Å². The van der Waals surface area contributed by atoms with E-state index in [0.717, 1.165) is 12.8 Å². The minimum atomic E-state index is -0.669. The van der Waals surface area contributed by atoms with Crippen molar-refractivity contribution in [2.45, 2.75) is 44.8 Å². The lowest BCUT2D eigenvalue weighted by Crippen LogP contribution is -2.27. The largest absolute Gasteiger partial charge is 0.456 e. The highest BCUT2D eigenvalue weighted by Crippen LogP contribution is 2.38. The van der Waals surface area contributed by atoms with E-state index in [-0.39, 0.29) is 5.56 Å². The average molecular weight is 419 g/mol. The Bertz CT molecular complexity index is 1230. The first-order valence-corrected chi connectivity index (χ1v) is 9.68. The van der Waals surface area contributed by atoms with Crippen LogP contribution in [-0.2, 0) is 4.74 Å². The number of anilines is 1. The van der Waals surface area contributed by atoms with Gasteiger partial charge in [-0.1, -0.05) is 5.16 Å². The van der Waals surface area contributed by atoms with Gasteiger partial charge in [0, 0.05) is 23.8 Å². The summed E-state index contributed by atoms with van der Waals surface area (Å²) in [6, 6.07) is 5.42. The summed E-state index contributed by atoms with van der Waals surface area (Å²) in [7, 11) is 0. The molecule has 0 spiro atoms. The van der Waals surface area contributed by atoms with Gasteiger partial charge in [0.1, 0.15) is 17.2 Å². The third kappa shape index (κ3) is 4.16. The fraction of sp³-hybridized carbons (Fsp3) is 0.333. The Morgan fingerprint density at radius 3 is 2.74 bits per heavy atom. The Morgan fingerprint density at radius 2 is 2.10 bits per heavy atom. The van der Waals surface area contributed by atoms with E-state index < -0.39 is 17.1 Å².